The van der Waals surface area contributed by atoms with Crippen molar-refractivity contribution in [2.45, 2.75) is 62.9 Å². The van der Waals surface area contributed by atoms with Gasteiger partial charge in [0.05, 0.1) is 15.5 Å². The van der Waals surface area contributed by atoms with Crippen molar-refractivity contribution in [1.29, 1.82) is 0 Å². The predicted octanol–water partition coefficient (Wildman–Crippen LogP) is 5.80. The molecule has 2 amide bonds. The van der Waals surface area contributed by atoms with Crippen molar-refractivity contribution in [2.24, 2.45) is 0 Å². The van der Waals surface area contributed by atoms with Crippen LogP contribution in [0.3, 0.4) is 0 Å². The van der Waals surface area contributed by atoms with Crippen LogP contribution in [0.2, 0.25) is 10.0 Å². The number of carbonyl (C=O) groups excluding carboxylic acids is 2. The van der Waals surface area contributed by atoms with Gasteiger partial charge in [0.2, 0.25) is 0 Å². The molecule has 2 aliphatic heterocycles. The van der Waals surface area contributed by atoms with Crippen molar-refractivity contribution in [3.05, 3.63) is 69.7 Å². The summed E-state index contributed by atoms with van der Waals surface area (Å²) in [6.45, 7) is 8.98. The van der Waals surface area contributed by atoms with Gasteiger partial charge in [0.15, 0.2) is 0 Å². The van der Waals surface area contributed by atoms with Crippen LogP contribution in [0.25, 0.3) is 0 Å². The molecule has 2 aliphatic rings. The monoisotopic (exact) mass is 561 g/mol. The molecule has 2 N–H and O–H groups in total. The predicted molar refractivity (Wildman–Crippen MR) is 149 cm³/mol. The number of halogens is 2. The van der Waals surface area contributed by atoms with Crippen LogP contribution in [0.4, 0.5) is 4.79 Å². The van der Waals surface area contributed by atoms with Crippen molar-refractivity contribution in [2.75, 3.05) is 32.7 Å². The highest BCUT2D eigenvalue weighted by atomic mass is 35.5. The number of rotatable bonds is 6. The van der Waals surface area contributed by atoms with E-state index >= 15 is 0 Å². The Labute approximate surface area is 235 Å². The van der Waals surface area contributed by atoms with Crippen molar-refractivity contribution in [3.63, 3.8) is 0 Å². The summed E-state index contributed by atoms with van der Waals surface area (Å²) in [5, 5.41) is 10.5. The molecule has 2 saturated heterocycles. The van der Waals surface area contributed by atoms with E-state index in [0.717, 1.165) is 43.6 Å². The SMILES string of the molecule is CC(C)(C)OC(=O)N1CC[C@@](CCN2CCC(C(=O)NO)(c3ccccc3)CC2)(c2ccc(Cl)c(Cl)c2)C1. The Morgan fingerprint density at radius 3 is 2.26 bits per heavy atom. The number of hydrogen-bond acceptors (Lipinski definition) is 5. The summed E-state index contributed by atoms with van der Waals surface area (Å²) in [4.78, 5) is 29.8. The van der Waals surface area contributed by atoms with Crippen LogP contribution in [0, 0.1) is 0 Å². The molecule has 1 atom stereocenters. The number of benzene rings is 2. The Kier molecular flexibility index (Phi) is 8.62. The molecule has 2 fully saturated rings. The van der Waals surface area contributed by atoms with Gasteiger partial charge in [-0.3, -0.25) is 10.0 Å². The zero-order chi connectivity index (χ0) is 27.6. The first-order chi connectivity index (χ1) is 18.0. The van der Waals surface area contributed by atoms with E-state index in [2.05, 4.69) is 4.90 Å². The maximum Gasteiger partial charge on any atom is 0.410 e. The normalized spacial score (nSPS) is 21.8. The molecule has 0 radical (unpaired) electrons. The molecule has 2 aromatic rings. The van der Waals surface area contributed by atoms with Crippen molar-refractivity contribution < 1.29 is 19.5 Å². The second-order valence-electron chi connectivity index (χ2n) is 11.5. The molecule has 7 nitrogen and oxygen atoms in total. The highest BCUT2D eigenvalue weighted by molar-refractivity contribution is 6.42. The van der Waals surface area contributed by atoms with E-state index in [-0.39, 0.29) is 17.4 Å². The number of carbonyl (C=O) groups is 2. The molecule has 0 unspecified atom stereocenters. The Morgan fingerprint density at radius 1 is 0.974 bits per heavy atom. The fraction of sp³-hybridized carbons (Fsp3) is 0.517. The summed E-state index contributed by atoms with van der Waals surface area (Å²) in [5.74, 6) is -0.362. The zero-order valence-electron chi connectivity index (χ0n) is 22.3. The zero-order valence-corrected chi connectivity index (χ0v) is 23.8. The molecule has 38 heavy (non-hydrogen) atoms. The first kappa shape index (κ1) is 28.7. The Bertz CT molecular complexity index is 1150. The van der Waals surface area contributed by atoms with E-state index in [9.17, 15) is 14.8 Å². The van der Waals surface area contributed by atoms with Gasteiger partial charge in [-0.15, -0.1) is 0 Å². The molecule has 0 aliphatic carbocycles. The fourth-order valence-electron chi connectivity index (χ4n) is 5.81. The molecule has 2 aromatic carbocycles. The maximum absolute atomic E-state index is 12.9. The number of nitrogens with zero attached hydrogens (tertiary/aromatic N) is 2. The number of nitrogens with one attached hydrogen (secondary N) is 1. The largest absolute Gasteiger partial charge is 0.444 e. The van der Waals surface area contributed by atoms with Gasteiger partial charge in [-0.25, -0.2) is 10.3 Å². The number of hydrogen-bond donors (Lipinski definition) is 2. The minimum atomic E-state index is -0.755. The molecular formula is C29H37Cl2N3O4. The summed E-state index contributed by atoms with van der Waals surface area (Å²) >= 11 is 12.6. The molecule has 0 aromatic heterocycles. The number of likely N-dealkylation sites (tertiary alicyclic amines) is 2. The van der Waals surface area contributed by atoms with Gasteiger partial charge in [0.25, 0.3) is 5.91 Å². The van der Waals surface area contributed by atoms with Crippen molar-refractivity contribution in [1.82, 2.24) is 15.3 Å². The molecule has 2 heterocycles. The van der Waals surface area contributed by atoms with Gasteiger partial charge in [-0.05, 0) is 89.3 Å². The molecule has 9 heteroatoms. The van der Waals surface area contributed by atoms with E-state index in [0.29, 0.717) is 36.0 Å². The number of hydroxylamine groups is 1. The summed E-state index contributed by atoms with van der Waals surface area (Å²) < 4.78 is 5.66. The molecule has 206 valence electrons. The van der Waals surface area contributed by atoms with Crippen LogP contribution < -0.4 is 5.48 Å². The van der Waals surface area contributed by atoms with Crippen molar-refractivity contribution >= 4 is 35.2 Å². The summed E-state index contributed by atoms with van der Waals surface area (Å²) in [5.41, 5.74) is 2.28. The van der Waals surface area contributed by atoms with Crippen LogP contribution in [0.15, 0.2) is 48.5 Å². The van der Waals surface area contributed by atoms with E-state index < -0.39 is 11.0 Å². The second kappa shape index (κ2) is 11.4. The average Bonchev–Trinajstić information content (AvgIpc) is 3.34. The lowest BCUT2D eigenvalue weighted by Gasteiger charge is -2.41. The highest BCUT2D eigenvalue weighted by Gasteiger charge is 2.45. The van der Waals surface area contributed by atoms with E-state index in [1.165, 1.54) is 0 Å². The standard InChI is InChI=1S/C29H37Cl2N3O4/c1-27(2,3)38-26(36)34-18-12-28(20-34,22-9-10-23(30)24(31)19-22)11-15-33-16-13-29(14-17-33,25(35)32-37)21-7-5-4-6-8-21/h4-10,19,37H,11-18,20H2,1-3H3,(H,32,35)/t28-/m1/s1. The van der Waals surface area contributed by atoms with Gasteiger partial charge >= 0.3 is 6.09 Å². The molecule has 0 spiro atoms. The Balaban J connectivity index is 1.50. The van der Waals surface area contributed by atoms with Gasteiger partial charge < -0.3 is 14.5 Å². The lowest BCUT2D eigenvalue weighted by Crippen LogP contribution is -2.51. The summed E-state index contributed by atoms with van der Waals surface area (Å²) in [7, 11) is 0. The van der Waals surface area contributed by atoms with Crippen LogP contribution in [0.1, 0.15) is 57.6 Å². The smallest absolute Gasteiger partial charge is 0.410 e. The third-order valence-electron chi connectivity index (χ3n) is 8.02. The molecule has 0 saturated carbocycles. The molecular weight excluding hydrogens is 525 g/mol. The molecule has 0 bridgehead atoms. The maximum atomic E-state index is 12.9. The third kappa shape index (κ3) is 6.12. The first-order valence-corrected chi connectivity index (χ1v) is 13.9. The minimum Gasteiger partial charge on any atom is -0.444 e. The minimum absolute atomic E-state index is 0.290. The van der Waals surface area contributed by atoms with Gasteiger partial charge in [-0.2, -0.15) is 0 Å². The summed E-state index contributed by atoms with van der Waals surface area (Å²) in [6, 6.07) is 15.4. The van der Waals surface area contributed by atoms with Gasteiger partial charge in [0, 0.05) is 18.5 Å². The second-order valence-corrected chi connectivity index (χ2v) is 12.4. The number of ether oxygens (including phenoxy) is 1. The van der Waals surface area contributed by atoms with Crippen LogP contribution >= 0.6 is 23.2 Å². The Hall–Kier alpha value is -2.32. The quantitative estimate of drug-likeness (QED) is 0.344. The average molecular weight is 563 g/mol. The topological polar surface area (TPSA) is 82.1 Å². The van der Waals surface area contributed by atoms with Gasteiger partial charge in [-0.1, -0.05) is 59.6 Å². The Morgan fingerprint density at radius 2 is 1.66 bits per heavy atom. The number of piperidine rings is 1. The van der Waals surface area contributed by atoms with E-state index in [4.69, 9.17) is 27.9 Å². The van der Waals surface area contributed by atoms with Gasteiger partial charge in [0.1, 0.15) is 5.60 Å². The lowest BCUT2D eigenvalue weighted by atomic mass is 9.71. The van der Waals surface area contributed by atoms with E-state index in [1.807, 2.05) is 74.8 Å². The summed E-state index contributed by atoms with van der Waals surface area (Å²) in [6.07, 6.45) is 2.51. The highest BCUT2D eigenvalue weighted by Crippen LogP contribution is 2.42. The van der Waals surface area contributed by atoms with Crippen LogP contribution in [-0.2, 0) is 20.4 Å². The lowest BCUT2D eigenvalue weighted by molar-refractivity contribution is -0.137. The first-order valence-electron chi connectivity index (χ1n) is 13.1. The van der Waals surface area contributed by atoms with Crippen LogP contribution in [0.5, 0.6) is 0 Å². The van der Waals surface area contributed by atoms with E-state index in [1.54, 1.807) is 4.90 Å². The van der Waals surface area contributed by atoms with Crippen LogP contribution in [-0.4, -0.2) is 65.3 Å². The fourth-order valence-corrected chi connectivity index (χ4v) is 6.10. The number of amides is 2. The molecule has 4 rings (SSSR count). The third-order valence-corrected chi connectivity index (χ3v) is 8.76. The van der Waals surface area contributed by atoms with Crippen molar-refractivity contribution in [3.8, 4) is 0 Å².